The molecule has 1 aromatic carbocycles. The van der Waals surface area contributed by atoms with Crippen molar-refractivity contribution in [3.63, 3.8) is 0 Å². The quantitative estimate of drug-likeness (QED) is 0.616. The molecule has 3 N–H and O–H groups in total. The summed E-state index contributed by atoms with van der Waals surface area (Å²) >= 11 is 0. The van der Waals surface area contributed by atoms with E-state index in [-0.39, 0.29) is 0 Å². The summed E-state index contributed by atoms with van der Waals surface area (Å²) in [5.41, 5.74) is 9.31. The fraction of sp³-hybridized carbons (Fsp3) is 0.400. The zero-order valence-corrected chi connectivity index (χ0v) is 7.30. The summed E-state index contributed by atoms with van der Waals surface area (Å²) in [4.78, 5) is 0. The normalized spacial score (nSPS) is 21.9. The predicted octanol–water partition coefficient (Wildman–Crippen LogP) is 1.61. The third-order valence-electron chi connectivity index (χ3n) is 2.62. The molecule has 2 heteroatoms. The van der Waals surface area contributed by atoms with Gasteiger partial charge in [0.25, 0.3) is 0 Å². The lowest BCUT2D eigenvalue weighted by molar-refractivity contribution is 0.382. The summed E-state index contributed by atoms with van der Waals surface area (Å²) in [6, 6.07) is 6.69. The van der Waals surface area contributed by atoms with Crippen molar-refractivity contribution in [1.29, 1.82) is 0 Å². The summed E-state index contributed by atoms with van der Waals surface area (Å²) in [5.74, 6) is 0. The minimum atomic E-state index is 0.550. The van der Waals surface area contributed by atoms with Crippen LogP contribution in [0.15, 0.2) is 18.2 Å². The number of nitrogens with two attached hydrogens (primary N) is 1. The van der Waals surface area contributed by atoms with Gasteiger partial charge in [-0.25, -0.2) is 0 Å². The van der Waals surface area contributed by atoms with Crippen LogP contribution >= 0.6 is 0 Å². The van der Waals surface area contributed by atoms with E-state index in [1.807, 2.05) is 12.1 Å². The van der Waals surface area contributed by atoms with Crippen molar-refractivity contribution in [2.75, 3.05) is 12.3 Å². The minimum Gasteiger partial charge on any atom is -0.399 e. The van der Waals surface area contributed by atoms with E-state index in [0.29, 0.717) is 6.04 Å². The van der Waals surface area contributed by atoms with Gasteiger partial charge in [0.15, 0.2) is 0 Å². The molecule has 1 unspecified atom stereocenters. The van der Waals surface area contributed by atoms with Crippen LogP contribution in [0, 0.1) is 6.92 Å². The number of nitrogen functional groups attached to an aromatic ring is 1. The zero-order chi connectivity index (χ0) is 8.55. The largest absolute Gasteiger partial charge is 0.399 e. The van der Waals surface area contributed by atoms with E-state index in [4.69, 9.17) is 5.73 Å². The summed E-state index contributed by atoms with van der Waals surface area (Å²) < 4.78 is 0. The molecule has 0 bridgehead atoms. The van der Waals surface area contributed by atoms with Crippen molar-refractivity contribution in [1.82, 2.24) is 5.32 Å². The Balaban J connectivity index is 2.36. The van der Waals surface area contributed by atoms with Crippen LogP contribution in [-0.4, -0.2) is 6.54 Å². The summed E-state index contributed by atoms with van der Waals surface area (Å²) in [6.07, 6.45) is 1.24. The summed E-state index contributed by atoms with van der Waals surface area (Å²) in [7, 11) is 0. The molecule has 0 saturated carbocycles. The van der Waals surface area contributed by atoms with Gasteiger partial charge in [-0.2, -0.15) is 0 Å². The second kappa shape index (κ2) is 2.79. The van der Waals surface area contributed by atoms with Gasteiger partial charge in [-0.05, 0) is 37.1 Å². The van der Waals surface area contributed by atoms with Crippen LogP contribution in [-0.2, 0) is 0 Å². The molecule has 0 radical (unpaired) electrons. The smallest absolute Gasteiger partial charge is 0.0347 e. The molecule has 0 aliphatic carbocycles. The van der Waals surface area contributed by atoms with E-state index >= 15 is 0 Å². The Bertz CT molecular complexity index is 290. The Morgan fingerprint density at radius 3 is 2.83 bits per heavy atom. The zero-order valence-electron chi connectivity index (χ0n) is 7.30. The highest BCUT2D eigenvalue weighted by Gasteiger charge is 2.20. The average molecular weight is 162 g/mol. The summed E-state index contributed by atoms with van der Waals surface area (Å²) in [6.45, 7) is 3.23. The molecular weight excluding hydrogens is 148 g/mol. The van der Waals surface area contributed by atoms with Gasteiger partial charge in [0.05, 0.1) is 0 Å². The fourth-order valence-corrected chi connectivity index (χ4v) is 1.60. The van der Waals surface area contributed by atoms with E-state index < -0.39 is 0 Å². The van der Waals surface area contributed by atoms with Gasteiger partial charge >= 0.3 is 0 Å². The highest BCUT2D eigenvalue weighted by Crippen LogP contribution is 2.28. The molecule has 1 heterocycles. The number of benzene rings is 1. The van der Waals surface area contributed by atoms with Crippen LogP contribution in [0.5, 0.6) is 0 Å². The first-order valence-electron chi connectivity index (χ1n) is 4.37. The maximum Gasteiger partial charge on any atom is 0.0347 e. The maximum atomic E-state index is 5.81. The topological polar surface area (TPSA) is 38.0 Å². The van der Waals surface area contributed by atoms with Gasteiger partial charge in [0.1, 0.15) is 0 Å². The Morgan fingerprint density at radius 2 is 2.25 bits per heavy atom. The van der Waals surface area contributed by atoms with Crippen LogP contribution in [0.25, 0.3) is 0 Å². The minimum absolute atomic E-state index is 0.550. The third kappa shape index (κ3) is 1.08. The molecule has 1 saturated heterocycles. The van der Waals surface area contributed by atoms with E-state index in [9.17, 15) is 0 Å². The lowest BCUT2D eigenvalue weighted by Crippen LogP contribution is -2.35. The molecule has 1 aliphatic heterocycles. The Kier molecular flexibility index (Phi) is 1.77. The van der Waals surface area contributed by atoms with Gasteiger partial charge in [-0.15, -0.1) is 0 Å². The van der Waals surface area contributed by atoms with Gasteiger partial charge in [-0.3, -0.25) is 0 Å². The molecule has 0 spiro atoms. The van der Waals surface area contributed by atoms with Crippen LogP contribution in [0.4, 0.5) is 5.69 Å². The van der Waals surface area contributed by atoms with Gasteiger partial charge in [-0.1, -0.05) is 12.1 Å². The lowest BCUT2D eigenvalue weighted by atomic mass is 9.93. The van der Waals surface area contributed by atoms with Gasteiger partial charge in [0, 0.05) is 11.7 Å². The summed E-state index contributed by atoms with van der Waals surface area (Å²) in [5, 5.41) is 3.37. The van der Waals surface area contributed by atoms with E-state index in [1.165, 1.54) is 17.5 Å². The van der Waals surface area contributed by atoms with Gasteiger partial charge < -0.3 is 11.1 Å². The van der Waals surface area contributed by atoms with Crippen molar-refractivity contribution in [3.8, 4) is 0 Å². The molecule has 0 aromatic heterocycles. The Labute approximate surface area is 72.8 Å². The van der Waals surface area contributed by atoms with Crippen LogP contribution in [0.3, 0.4) is 0 Å². The molecule has 64 valence electrons. The molecule has 2 rings (SSSR count). The first-order valence-corrected chi connectivity index (χ1v) is 4.37. The number of hydrogen-bond acceptors (Lipinski definition) is 2. The molecule has 2 nitrogen and oxygen atoms in total. The van der Waals surface area contributed by atoms with Crippen LogP contribution < -0.4 is 11.1 Å². The monoisotopic (exact) mass is 162 g/mol. The second-order valence-corrected chi connectivity index (χ2v) is 3.36. The highest BCUT2D eigenvalue weighted by atomic mass is 15.0. The highest BCUT2D eigenvalue weighted by molar-refractivity contribution is 5.51. The molecule has 1 fully saturated rings. The van der Waals surface area contributed by atoms with Crippen molar-refractivity contribution in [2.24, 2.45) is 0 Å². The molecular formula is C10H14N2. The van der Waals surface area contributed by atoms with E-state index in [1.54, 1.807) is 0 Å². The van der Waals surface area contributed by atoms with E-state index in [0.717, 1.165) is 12.2 Å². The predicted molar refractivity (Wildman–Crippen MR) is 51.0 cm³/mol. The average Bonchev–Trinajstić information content (AvgIpc) is 1.95. The van der Waals surface area contributed by atoms with Crippen LogP contribution in [0.2, 0.25) is 0 Å². The van der Waals surface area contributed by atoms with Crippen molar-refractivity contribution < 1.29 is 0 Å². The standard InChI is InChI=1S/C10H14N2/c1-7-8(10-5-6-12-10)3-2-4-9(7)11/h2-4,10,12H,5-6,11H2,1H3. The van der Waals surface area contributed by atoms with E-state index in [2.05, 4.69) is 18.3 Å². The number of nitrogens with one attached hydrogen (secondary N) is 1. The van der Waals surface area contributed by atoms with Gasteiger partial charge in [0.2, 0.25) is 0 Å². The van der Waals surface area contributed by atoms with Crippen LogP contribution in [0.1, 0.15) is 23.6 Å². The first-order chi connectivity index (χ1) is 5.79. The molecule has 1 aromatic rings. The number of rotatable bonds is 1. The Morgan fingerprint density at radius 1 is 1.50 bits per heavy atom. The van der Waals surface area contributed by atoms with Crippen molar-refractivity contribution >= 4 is 5.69 Å². The molecule has 1 aliphatic rings. The number of anilines is 1. The van der Waals surface area contributed by atoms with Crippen molar-refractivity contribution in [2.45, 2.75) is 19.4 Å². The molecule has 12 heavy (non-hydrogen) atoms. The maximum absolute atomic E-state index is 5.81. The second-order valence-electron chi connectivity index (χ2n) is 3.36. The number of hydrogen-bond donors (Lipinski definition) is 2. The first kappa shape index (κ1) is 7.62. The third-order valence-corrected chi connectivity index (χ3v) is 2.62. The fourth-order valence-electron chi connectivity index (χ4n) is 1.60. The Hall–Kier alpha value is -1.02. The molecule has 1 atom stereocenters. The van der Waals surface area contributed by atoms with Crippen molar-refractivity contribution in [3.05, 3.63) is 29.3 Å². The lowest BCUT2D eigenvalue weighted by Gasteiger charge is -2.29. The SMILES string of the molecule is Cc1c(N)cccc1C1CCN1. The molecule has 0 amide bonds.